The Bertz CT molecular complexity index is 311. The highest BCUT2D eigenvalue weighted by molar-refractivity contribution is 5.43. The van der Waals surface area contributed by atoms with Crippen molar-refractivity contribution in [2.24, 2.45) is 0 Å². The molecule has 0 heterocycles. The van der Waals surface area contributed by atoms with Gasteiger partial charge in [-0.3, -0.25) is 4.90 Å². The van der Waals surface area contributed by atoms with Crippen LogP contribution in [-0.4, -0.2) is 30.6 Å². The van der Waals surface area contributed by atoms with Gasteiger partial charge in [0.1, 0.15) is 5.82 Å². The van der Waals surface area contributed by atoms with Gasteiger partial charge in [0, 0.05) is 18.3 Å². The monoisotopic (exact) mass is 224 g/mol. The minimum Gasteiger partial charge on any atom is -0.383 e. The number of nitrogens with zero attached hydrogens (tertiary/aromatic N) is 1. The maximum absolute atomic E-state index is 12.9. The quantitative estimate of drug-likeness (QED) is 0.799. The average Bonchev–Trinajstić information content (AvgIpc) is 2.28. The maximum Gasteiger partial charge on any atom is 0.125 e. The molecule has 0 fully saturated rings. The summed E-state index contributed by atoms with van der Waals surface area (Å²) in [6, 6.07) is 7.05. The Morgan fingerprint density at radius 1 is 1.31 bits per heavy atom. The van der Waals surface area contributed by atoms with E-state index in [1.165, 1.54) is 12.1 Å². The summed E-state index contributed by atoms with van der Waals surface area (Å²) in [6.45, 7) is 9.42. The molecule has 1 N–H and O–H groups in total. The van der Waals surface area contributed by atoms with Gasteiger partial charge in [0.25, 0.3) is 0 Å². The Morgan fingerprint density at radius 3 is 2.56 bits per heavy atom. The van der Waals surface area contributed by atoms with Crippen molar-refractivity contribution in [1.29, 1.82) is 0 Å². The Hall–Kier alpha value is -1.09. The van der Waals surface area contributed by atoms with Gasteiger partial charge in [-0.15, -0.1) is 0 Å². The molecule has 0 aliphatic carbocycles. The smallest absolute Gasteiger partial charge is 0.125 e. The molecule has 1 rings (SSSR count). The van der Waals surface area contributed by atoms with Crippen molar-refractivity contribution >= 4 is 5.69 Å². The molecule has 0 saturated carbocycles. The van der Waals surface area contributed by atoms with E-state index >= 15 is 0 Å². The second-order valence-electron chi connectivity index (χ2n) is 3.96. The fourth-order valence-corrected chi connectivity index (χ4v) is 1.84. The van der Waals surface area contributed by atoms with Crippen LogP contribution >= 0.6 is 0 Å². The summed E-state index contributed by atoms with van der Waals surface area (Å²) in [4.78, 5) is 2.37. The number of nitrogens with one attached hydrogen (secondary N) is 1. The summed E-state index contributed by atoms with van der Waals surface area (Å²) in [5.41, 5.74) is 0.846. The fourth-order valence-electron chi connectivity index (χ4n) is 1.84. The number of halogens is 1. The van der Waals surface area contributed by atoms with Crippen molar-refractivity contribution in [1.82, 2.24) is 4.90 Å². The molecule has 16 heavy (non-hydrogen) atoms. The molecule has 1 atom stereocenters. The van der Waals surface area contributed by atoms with Crippen LogP contribution in [-0.2, 0) is 0 Å². The SMILES string of the molecule is CCN(CC)C(C)CNc1cccc(F)c1. The van der Waals surface area contributed by atoms with Crippen molar-refractivity contribution < 1.29 is 4.39 Å². The van der Waals surface area contributed by atoms with E-state index in [2.05, 4.69) is 31.0 Å². The number of likely N-dealkylation sites (N-methyl/N-ethyl adjacent to an activating group) is 1. The zero-order valence-electron chi connectivity index (χ0n) is 10.3. The lowest BCUT2D eigenvalue weighted by atomic mass is 10.2. The first-order chi connectivity index (χ1) is 7.67. The fraction of sp³-hybridized carbons (Fsp3) is 0.538. The predicted octanol–water partition coefficient (Wildman–Crippen LogP) is 2.97. The third kappa shape index (κ3) is 3.81. The molecule has 0 bridgehead atoms. The molecule has 90 valence electrons. The number of rotatable bonds is 6. The number of anilines is 1. The lowest BCUT2D eigenvalue weighted by Crippen LogP contribution is -2.37. The molecule has 0 amide bonds. The first-order valence-electron chi connectivity index (χ1n) is 5.90. The van der Waals surface area contributed by atoms with Gasteiger partial charge < -0.3 is 5.32 Å². The molecule has 1 unspecified atom stereocenters. The molecule has 0 aliphatic rings. The Morgan fingerprint density at radius 2 is 2.00 bits per heavy atom. The van der Waals surface area contributed by atoms with Gasteiger partial charge in [-0.2, -0.15) is 0 Å². The highest BCUT2D eigenvalue weighted by atomic mass is 19.1. The highest BCUT2D eigenvalue weighted by Crippen LogP contribution is 2.09. The van der Waals surface area contributed by atoms with Crippen molar-refractivity contribution in [2.75, 3.05) is 25.0 Å². The number of hydrogen-bond acceptors (Lipinski definition) is 2. The summed E-state index contributed by atoms with van der Waals surface area (Å²) in [5, 5.41) is 3.25. The zero-order valence-corrected chi connectivity index (χ0v) is 10.3. The number of hydrogen-bond donors (Lipinski definition) is 1. The van der Waals surface area contributed by atoms with E-state index in [-0.39, 0.29) is 5.82 Å². The zero-order chi connectivity index (χ0) is 12.0. The molecular weight excluding hydrogens is 203 g/mol. The van der Waals surface area contributed by atoms with Crippen molar-refractivity contribution in [3.05, 3.63) is 30.1 Å². The Labute approximate surface area is 97.5 Å². The van der Waals surface area contributed by atoms with E-state index in [9.17, 15) is 4.39 Å². The average molecular weight is 224 g/mol. The van der Waals surface area contributed by atoms with E-state index < -0.39 is 0 Å². The van der Waals surface area contributed by atoms with Gasteiger partial charge in [0.05, 0.1) is 0 Å². The van der Waals surface area contributed by atoms with Gasteiger partial charge in [0.2, 0.25) is 0 Å². The predicted molar refractivity (Wildman–Crippen MR) is 67.3 cm³/mol. The van der Waals surface area contributed by atoms with Crippen LogP contribution in [0.4, 0.5) is 10.1 Å². The standard InChI is InChI=1S/C13H21FN2/c1-4-16(5-2)11(3)10-15-13-8-6-7-12(14)9-13/h6-9,11,15H,4-5,10H2,1-3H3. The van der Waals surface area contributed by atoms with Crippen LogP contribution in [0.15, 0.2) is 24.3 Å². The van der Waals surface area contributed by atoms with E-state index in [0.717, 1.165) is 25.3 Å². The first kappa shape index (κ1) is 13.0. The first-order valence-corrected chi connectivity index (χ1v) is 5.90. The maximum atomic E-state index is 12.9. The molecule has 1 aromatic rings. The van der Waals surface area contributed by atoms with Crippen molar-refractivity contribution in [3.8, 4) is 0 Å². The highest BCUT2D eigenvalue weighted by Gasteiger charge is 2.09. The molecule has 0 spiro atoms. The summed E-state index contributed by atoms with van der Waals surface area (Å²) < 4.78 is 12.9. The molecule has 2 nitrogen and oxygen atoms in total. The number of benzene rings is 1. The summed E-state index contributed by atoms with van der Waals surface area (Å²) >= 11 is 0. The minimum absolute atomic E-state index is 0.194. The van der Waals surface area contributed by atoms with Gasteiger partial charge >= 0.3 is 0 Å². The Kier molecular flexibility index (Phi) is 5.26. The van der Waals surface area contributed by atoms with Crippen molar-refractivity contribution in [2.45, 2.75) is 26.8 Å². The summed E-state index contributed by atoms with van der Waals surface area (Å²) in [7, 11) is 0. The second kappa shape index (κ2) is 6.48. The van der Waals surface area contributed by atoms with E-state index in [1.54, 1.807) is 6.07 Å². The topological polar surface area (TPSA) is 15.3 Å². The van der Waals surface area contributed by atoms with Gasteiger partial charge in [-0.05, 0) is 38.2 Å². The molecule has 3 heteroatoms. The van der Waals surface area contributed by atoms with E-state index in [0.29, 0.717) is 6.04 Å². The molecule has 0 aromatic heterocycles. The molecule has 1 aromatic carbocycles. The van der Waals surface area contributed by atoms with Crippen LogP contribution in [0, 0.1) is 5.82 Å². The normalized spacial score (nSPS) is 12.8. The van der Waals surface area contributed by atoms with Crippen LogP contribution < -0.4 is 5.32 Å². The van der Waals surface area contributed by atoms with Crippen LogP contribution in [0.5, 0.6) is 0 Å². The molecule has 0 saturated heterocycles. The van der Waals surface area contributed by atoms with Crippen LogP contribution in [0.2, 0.25) is 0 Å². The van der Waals surface area contributed by atoms with Gasteiger partial charge in [0.15, 0.2) is 0 Å². The van der Waals surface area contributed by atoms with Crippen LogP contribution in [0.3, 0.4) is 0 Å². The van der Waals surface area contributed by atoms with Crippen molar-refractivity contribution in [3.63, 3.8) is 0 Å². The van der Waals surface area contributed by atoms with Crippen LogP contribution in [0.25, 0.3) is 0 Å². The van der Waals surface area contributed by atoms with Gasteiger partial charge in [-0.1, -0.05) is 19.9 Å². The lowest BCUT2D eigenvalue weighted by molar-refractivity contribution is 0.240. The second-order valence-corrected chi connectivity index (χ2v) is 3.96. The summed E-state index contributed by atoms with van der Waals surface area (Å²) in [5.74, 6) is -0.194. The van der Waals surface area contributed by atoms with Gasteiger partial charge in [-0.25, -0.2) is 4.39 Å². The lowest BCUT2D eigenvalue weighted by Gasteiger charge is -2.26. The third-order valence-corrected chi connectivity index (χ3v) is 2.86. The Balaban J connectivity index is 2.45. The van der Waals surface area contributed by atoms with E-state index in [1.807, 2.05) is 6.07 Å². The largest absolute Gasteiger partial charge is 0.383 e. The van der Waals surface area contributed by atoms with Crippen LogP contribution in [0.1, 0.15) is 20.8 Å². The minimum atomic E-state index is -0.194. The van der Waals surface area contributed by atoms with E-state index in [4.69, 9.17) is 0 Å². The summed E-state index contributed by atoms with van der Waals surface area (Å²) in [6.07, 6.45) is 0. The third-order valence-electron chi connectivity index (χ3n) is 2.86. The molecule has 0 radical (unpaired) electrons. The molecule has 0 aliphatic heterocycles. The molecular formula is C13H21FN2.